The zero-order valence-electron chi connectivity index (χ0n) is 11.2. The minimum atomic E-state index is -0.152. The van der Waals surface area contributed by atoms with Crippen LogP contribution in [-0.4, -0.2) is 11.7 Å². The number of aryl methyl sites for hydroxylation is 2. The molecule has 1 aliphatic carbocycles. The number of rotatable bonds is 3. The number of thiophene rings is 1. The molecule has 1 aromatic carbocycles. The highest BCUT2D eigenvalue weighted by atomic mass is 32.1. The van der Waals surface area contributed by atoms with Gasteiger partial charge in [0.1, 0.15) is 0 Å². The highest BCUT2D eigenvalue weighted by Crippen LogP contribution is 2.25. The van der Waals surface area contributed by atoms with E-state index in [1.54, 1.807) is 12.1 Å². The molecule has 0 fully saturated rings. The Morgan fingerprint density at radius 2 is 1.80 bits per heavy atom. The van der Waals surface area contributed by atoms with Crippen LogP contribution in [0, 0.1) is 0 Å². The molecule has 0 unspecified atom stereocenters. The number of amides is 1. The maximum absolute atomic E-state index is 12.1. The number of carbonyl (C=O) groups is 2. The molecule has 1 aromatic heterocycles. The molecule has 1 amide bonds. The number of hydrogen-bond acceptors (Lipinski definition) is 3. The number of ketones is 1. The zero-order chi connectivity index (χ0) is 14.1. The molecule has 102 valence electrons. The fourth-order valence-corrected chi connectivity index (χ4v) is 3.29. The van der Waals surface area contributed by atoms with Gasteiger partial charge < -0.3 is 5.32 Å². The van der Waals surface area contributed by atoms with E-state index in [4.69, 9.17) is 0 Å². The molecule has 0 saturated heterocycles. The first-order valence-electron chi connectivity index (χ1n) is 6.67. The number of carbonyl (C=O) groups excluding carboxylic acids is 2. The van der Waals surface area contributed by atoms with Crippen LogP contribution in [0.3, 0.4) is 0 Å². The van der Waals surface area contributed by atoms with Crippen molar-refractivity contribution in [2.75, 3.05) is 5.32 Å². The average molecular weight is 285 g/mol. The van der Waals surface area contributed by atoms with Crippen molar-refractivity contribution in [1.82, 2.24) is 0 Å². The summed E-state index contributed by atoms with van der Waals surface area (Å²) in [7, 11) is 0. The van der Waals surface area contributed by atoms with Crippen molar-refractivity contribution in [2.24, 2.45) is 0 Å². The molecular weight excluding hydrogens is 270 g/mol. The van der Waals surface area contributed by atoms with E-state index >= 15 is 0 Å². The Bertz CT molecular complexity index is 688. The molecule has 0 aliphatic heterocycles. The summed E-state index contributed by atoms with van der Waals surface area (Å²) in [6.45, 7) is 1.51. The number of Topliss-reactive ketones (excluding diaryl/α,β-unsaturated/α-hetero) is 1. The van der Waals surface area contributed by atoms with Crippen LogP contribution in [0.15, 0.2) is 30.3 Å². The molecular formula is C16H15NO2S. The number of nitrogens with one attached hydrogen (secondary N) is 1. The Balaban J connectivity index is 1.76. The average Bonchev–Trinajstić information content (AvgIpc) is 3.07. The van der Waals surface area contributed by atoms with Gasteiger partial charge in [0.2, 0.25) is 0 Å². The maximum Gasteiger partial charge on any atom is 0.265 e. The van der Waals surface area contributed by atoms with Gasteiger partial charge in [0, 0.05) is 5.69 Å². The SMILES string of the molecule is CC(=O)c1ccc(C(=O)Nc2ccc3c(c2)CCC3)s1. The van der Waals surface area contributed by atoms with E-state index in [-0.39, 0.29) is 11.7 Å². The minimum absolute atomic E-state index is 0.00780. The molecule has 1 aliphatic rings. The van der Waals surface area contributed by atoms with E-state index in [9.17, 15) is 9.59 Å². The molecule has 20 heavy (non-hydrogen) atoms. The summed E-state index contributed by atoms with van der Waals surface area (Å²) < 4.78 is 0. The Kier molecular flexibility index (Phi) is 3.40. The summed E-state index contributed by atoms with van der Waals surface area (Å²) in [4.78, 5) is 24.6. The molecule has 0 bridgehead atoms. The normalized spacial score (nSPS) is 13.1. The van der Waals surface area contributed by atoms with Gasteiger partial charge in [-0.15, -0.1) is 11.3 Å². The molecule has 0 atom stereocenters. The molecule has 3 rings (SSSR count). The van der Waals surface area contributed by atoms with Crippen LogP contribution in [0.25, 0.3) is 0 Å². The third-order valence-electron chi connectivity index (χ3n) is 3.53. The largest absolute Gasteiger partial charge is 0.321 e. The second kappa shape index (κ2) is 5.21. The topological polar surface area (TPSA) is 46.2 Å². The van der Waals surface area contributed by atoms with Crippen molar-refractivity contribution >= 4 is 28.7 Å². The van der Waals surface area contributed by atoms with Crippen LogP contribution in [-0.2, 0) is 12.8 Å². The second-order valence-corrected chi connectivity index (χ2v) is 6.10. The van der Waals surface area contributed by atoms with Crippen molar-refractivity contribution in [3.8, 4) is 0 Å². The van der Waals surface area contributed by atoms with E-state index in [1.165, 1.54) is 35.8 Å². The molecule has 1 N–H and O–H groups in total. The predicted octanol–water partition coefficient (Wildman–Crippen LogP) is 3.69. The predicted molar refractivity (Wildman–Crippen MR) is 80.7 cm³/mol. The monoisotopic (exact) mass is 285 g/mol. The first kappa shape index (κ1) is 13.1. The molecule has 0 saturated carbocycles. The third kappa shape index (κ3) is 2.51. The van der Waals surface area contributed by atoms with Crippen molar-refractivity contribution in [2.45, 2.75) is 26.2 Å². The molecule has 3 nitrogen and oxygen atoms in total. The highest BCUT2D eigenvalue weighted by Gasteiger charge is 2.14. The van der Waals surface area contributed by atoms with Gasteiger partial charge in [0.15, 0.2) is 5.78 Å². The van der Waals surface area contributed by atoms with Crippen LogP contribution in [0.5, 0.6) is 0 Å². The Morgan fingerprint density at radius 3 is 2.55 bits per heavy atom. The minimum Gasteiger partial charge on any atom is -0.321 e. The molecule has 2 aromatic rings. The quantitative estimate of drug-likeness (QED) is 0.874. The van der Waals surface area contributed by atoms with Gasteiger partial charge in [0.25, 0.3) is 5.91 Å². The van der Waals surface area contributed by atoms with Gasteiger partial charge in [0.05, 0.1) is 9.75 Å². The first-order valence-corrected chi connectivity index (χ1v) is 7.49. The Morgan fingerprint density at radius 1 is 1.05 bits per heavy atom. The Hall–Kier alpha value is -1.94. The summed E-state index contributed by atoms with van der Waals surface area (Å²) in [5.74, 6) is -0.160. The lowest BCUT2D eigenvalue weighted by molar-refractivity contribution is 0.101. The summed E-state index contributed by atoms with van der Waals surface area (Å²) >= 11 is 1.23. The van der Waals surface area contributed by atoms with Gasteiger partial charge in [-0.05, 0) is 61.6 Å². The van der Waals surface area contributed by atoms with Crippen LogP contribution in [0.1, 0.15) is 43.8 Å². The van der Waals surface area contributed by atoms with Crippen LogP contribution in [0.2, 0.25) is 0 Å². The number of fused-ring (bicyclic) bond motifs is 1. The van der Waals surface area contributed by atoms with E-state index in [1.807, 2.05) is 6.07 Å². The lowest BCUT2D eigenvalue weighted by atomic mass is 10.1. The molecule has 1 heterocycles. The fraction of sp³-hybridized carbons (Fsp3) is 0.250. The Labute approximate surface area is 121 Å². The van der Waals surface area contributed by atoms with E-state index in [0.29, 0.717) is 9.75 Å². The van der Waals surface area contributed by atoms with Crippen molar-refractivity contribution in [3.63, 3.8) is 0 Å². The van der Waals surface area contributed by atoms with E-state index in [0.717, 1.165) is 18.5 Å². The summed E-state index contributed by atoms with van der Waals surface area (Å²) in [6, 6.07) is 9.49. The van der Waals surface area contributed by atoms with Gasteiger partial charge in [-0.2, -0.15) is 0 Å². The smallest absolute Gasteiger partial charge is 0.265 e. The van der Waals surface area contributed by atoms with Gasteiger partial charge in [-0.25, -0.2) is 0 Å². The summed E-state index contributed by atoms with van der Waals surface area (Å²) in [5, 5.41) is 2.90. The maximum atomic E-state index is 12.1. The van der Waals surface area contributed by atoms with E-state index in [2.05, 4.69) is 17.4 Å². The standard InChI is InChI=1S/C16H15NO2S/c1-10(18)14-7-8-15(20-14)16(19)17-13-6-5-11-3-2-4-12(11)9-13/h5-9H,2-4H2,1H3,(H,17,19). The first-order chi connectivity index (χ1) is 9.63. The number of benzene rings is 1. The summed E-state index contributed by atoms with van der Waals surface area (Å²) in [5.41, 5.74) is 3.55. The van der Waals surface area contributed by atoms with Crippen molar-refractivity contribution < 1.29 is 9.59 Å². The van der Waals surface area contributed by atoms with Crippen LogP contribution >= 0.6 is 11.3 Å². The van der Waals surface area contributed by atoms with Crippen molar-refractivity contribution in [3.05, 3.63) is 51.2 Å². The van der Waals surface area contributed by atoms with Crippen LogP contribution in [0.4, 0.5) is 5.69 Å². The summed E-state index contributed by atoms with van der Waals surface area (Å²) in [6.07, 6.45) is 3.42. The molecule has 0 spiro atoms. The zero-order valence-corrected chi connectivity index (χ0v) is 12.0. The molecule has 0 radical (unpaired) electrons. The number of hydrogen-bond donors (Lipinski definition) is 1. The lowest BCUT2D eigenvalue weighted by Crippen LogP contribution is -2.10. The highest BCUT2D eigenvalue weighted by molar-refractivity contribution is 7.16. The third-order valence-corrected chi connectivity index (χ3v) is 4.72. The molecule has 4 heteroatoms. The lowest BCUT2D eigenvalue weighted by Gasteiger charge is -2.06. The van der Waals surface area contributed by atoms with Crippen molar-refractivity contribution in [1.29, 1.82) is 0 Å². The number of anilines is 1. The van der Waals surface area contributed by atoms with Gasteiger partial charge >= 0.3 is 0 Å². The van der Waals surface area contributed by atoms with E-state index < -0.39 is 0 Å². The fourth-order valence-electron chi connectivity index (χ4n) is 2.49. The van der Waals surface area contributed by atoms with Gasteiger partial charge in [-0.3, -0.25) is 9.59 Å². The van der Waals surface area contributed by atoms with Crippen LogP contribution < -0.4 is 5.32 Å². The second-order valence-electron chi connectivity index (χ2n) is 5.01. The van der Waals surface area contributed by atoms with Gasteiger partial charge in [-0.1, -0.05) is 6.07 Å².